The first-order chi connectivity index (χ1) is 13.3. The summed E-state index contributed by atoms with van der Waals surface area (Å²) < 4.78 is 12.2. The highest BCUT2D eigenvalue weighted by atomic mass is 16.5. The largest absolute Gasteiger partial charge is 0.361 e. The van der Waals surface area contributed by atoms with Crippen molar-refractivity contribution in [3.05, 3.63) is 58.8 Å². The van der Waals surface area contributed by atoms with Crippen molar-refractivity contribution in [1.82, 2.24) is 25.0 Å². The second-order valence-electron chi connectivity index (χ2n) is 7.00. The topological polar surface area (TPSA) is 93.4 Å². The van der Waals surface area contributed by atoms with Crippen LogP contribution in [0.3, 0.4) is 0 Å². The van der Waals surface area contributed by atoms with Gasteiger partial charge in [-0.05, 0) is 27.7 Å². The molecule has 9 heteroatoms. The highest BCUT2D eigenvalue weighted by Gasteiger charge is 2.34. The second kappa shape index (κ2) is 6.66. The molecule has 4 heterocycles. The molecule has 3 aromatic rings. The van der Waals surface area contributed by atoms with Crippen LogP contribution >= 0.6 is 0 Å². The Bertz CT molecular complexity index is 1020. The van der Waals surface area contributed by atoms with Gasteiger partial charge in [0.15, 0.2) is 0 Å². The minimum atomic E-state index is -0.0475. The lowest BCUT2D eigenvalue weighted by Gasteiger charge is -2.20. The van der Waals surface area contributed by atoms with Crippen molar-refractivity contribution in [2.75, 3.05) is 11.4 Å². The molecule has 0 radical (unpaired) electrons. The number of nitrogens with zero attached hydrogens (tertiary/aromatic N) is 6. The van der Waals surface area contributed by atoms with Crippen LogP contribution in [0.2, 0.25) is 0 Å². The van der Waals surface area contributed by atoms with Gasteiger partial charge < -0.3 is 13.9 Å². The number of hydrogen-bond acceptors (Lipinski definition) is 7. The van der Waals surface area contributed by atoms with Crippen LogP contribution in [0.4, 0.5) is 5.69 Å². The van der Waals surface area contributed by atoms with Crippen LogP contribution in [-0.2, 0) is 17.9 Å². The third-order valence-corrected chi connectivity index (χ3v) is 5.11. The van der Waals surface area contributed by atoms with Crippen molar-refractivity contribution in [3.8, 4) is 0 Å². The summed E-state index contributed by atoms with van der Waals surface area (Å²) in [6.45, 7) is 12.9. The molecule has 146 valence electrons. The summed E-state index contributed by atoms with van der Waals surface area (Å²) in [5, 5.41) is 12.3. The molecular weight excluding hydrogens is 360 g/mol. The lowest BCUT2D eigenvalue weighted by Crippen LogP contribution is -2.23. The molecule has 1 saturated heterocycles. The zero-order valence-corrected chi connectivity index (χ0v) is 16.4. The summed E-state index contributed by atoms with van der Waals surface area (Å²) in [5.41, 5.74) is 4.31. The van der Waals surface area contributed by atoms with Crippen LogP contribution in [0.1, 0.15) is 34.0 Å². The first-order valence-corrected chi connectivity index (χ1v) is 8.98. The van der Waals surface area contributed by atoms with Crippen LogP contribution in [0.25, 0.3) is 0 Å². The van der Waals surface area contributed by atoms with Crippen molar-refractivity contribution >= 4 is 11.6 Å². The molecule has 1 amide bonds. The Kier molecular flexibility index (Phi) is 4.29. The van der Waals surface area contributed by atoms with E-state index in [-0.39, 0.29) is 12.5 Å². The van der Waals surface area contributed by atoms with E-state index in [1.807, 2.05) is 38.8 Å². The molecule has 1 aliphatic rings. The number of anilines is 1. The third kappa shape index (κ3) is 2.98. The predicted molar refractivity (Wildman–Crippen MR) is 100 cm³/mol. The number of aryl methyl sites for hydroxylation is 4. The van der Waals surface area contributed by atoms with E-state index in [1.54, 1.807) is 15.8 Å². The Morgan fingerprint density at radius 3 is 2.21 bits per heavy atom. The number of rotatable bonds is 5. The molecule has 9 nitrogen and oxygen atoms in total. The van der Waals surface area contributed by atoms with Gasteiger partial charge in [0, 0.05) is 17.3 Å². The average Bonchev–Trinajstić information content (AvgIpc) is 3.38. The molecule has 0 saturated carbocycles. The van der Waals surface area contributed by atoms with Gasteiger partial charge in [0.05, 0.1) is 42.9 Å². The normalized spacial score (nSPS) is 14.6. The van der Waals surface area contributed by atoms with Gasteiger partial charge in [0.2, 0.25) is 0 Å². The lowest BCUT2D eigenvalue weighted by atomic mass is 10.2. The quantitative estimate of drug-likeness (QED) is 0.669. The van der Waals surface area contributed by atoms with Crippen LogP contribution < -0.4 is 4.90 Å². The number of hydrogen-bond donors (Lipinski definition) is 0. The van der Waals surface area contributed by atoms with Crippen LogP contribution in [-0.4, -0.2) is 37.4 Å². The van der Waals surface area contributed by atoms with Crippen LogP contribution in [0.5, 0.6) is 0 Å². The zero-order chi connectivity index (χ0) is 20.0. The lowest BCUT2D eigenvalue weighted by molar-refractivity contribution is -0.116. The molecule has 0 N–H and O–H groups in total. The maximum absolute atomic E-state index is 12.7. The van der Waals surface area contributed by atoms with Crippen molar-refractivity contribution in [2.45, 2.75) is 40.8 Å². The van der Waals surface area contributed by atoms with E-state index in [0.29, 0.717) is 24.6 Å². The Morgan fingerprint density at radius 2 is 1.64 bits per heavy atom. The van der Waals surface area contributed by atoms with Crippen molar-refractivity contribution in [2.24, 2.45) is 0 Å². The SMILES string of the molecule is C=C1N(Cc2c(C)noc2C)CC(=O)N1c1cnn(Cc2c(C)noc2C)c1. The predicted octanol–water partition coefficient (Wildman–Crippen LogP) is 2.46. The highest BCUT2D eigenvalue weighted by Crippen LogP contribution is 2.29. The molecule has 0 aromatic carbocycles. The van der Waals surface area contributed by atoms with E-state index in [2.05, 4.69) is 22.0 Å². The van der Waals surface area contributed by atoms with E-state index in [0.717, 1.165) is 34.0 Å². The summed E-state index contributed by atoms with van der Waals surface area (Å²) in [6.07, 6.45) is 3.50. The van der Waals surface area contributed by atoms with Crippen molar-refractivity contribution < 1.29 is 13.8 Å². The number of carbonyl (C=O) groups is 1. The fraction of sp³-hybridized carbons (Fsp3) is 0.368. The van der Waals surface area contributed by atoms with E-state index < -0.39 is 0 Å². The zero-order valence-electron chi connectivity index (χ0n) is 16.4. The fourth-order valence-corrected chi connectivity index (χ4v) is 3.41. The molecule has 4 rings (SSSR count). The molecular formula is C19H22N6O3. The van der Waals surface area contributed by atoms with Gasteiger partial charge >= 0.3 is 0 Å². The minimum absolute atomic E-state index is 0.0475. The maximum Gasteiger partial charge on any atom is 0.252 e. The molecule has 0 bridgehead atoms. The third-order valence-electron chi connectivity index (χ3n) is 5.11. The van der Waals surface area contributed by atoms with Gasteiger partial charge in [-0.2, -0.15) is 5.10 Å². The Labute approximate surface area is 162 Å². The van der Waals surface area contributed by atoms with Crippen LogP contribution in [0, 0.1) is 27.7 Å². The molecule has 28 heavy (non-hydrogen) atoms. The molecule has 0 aliphatic carbocycles. The first kappa shape index (κ1) is 18.0. The van der Waals surface area contributed by atoms with E-state index in [1.165, 1.54) is 0 Å². The smallest absolute Gasteiger partial charge is 0.252 e. The summed E-state index contributed by atoms with van der Waals surface area (Å²) in [5.74, 6) is 2.08. The minimum Gasteiger partial charge on any atom is -0.361 e. The van der Waals surface area contributed by atoms with E-state index in [9.17, 15) is 4.79 Å². The van der Waals surface area contributed by atoms with Gasteiger partial charge in [-0.3, -0.25) is 14.4 Å². The average molecular weight is 382 g/mol. The van der Waals surface area contributed by atoms with E-state index >= 15 is 0 Å². The number of carbonyl (C=O) groups excluding carboxylic acids is 1. The summed E-state index contributed by atoms with van der Waals surface area (Å²) >= 11 is 0. The van der Waals surface area contributed by atoms with Crippen molar-refractivity contribution in [1.29, 1.82) is 0 Å². The summed E-state index contributed by atoms with van der Waals surface area (Å²) in [4.78, 5) is 16.2. The number of amides is 1. The Morgan fingerprint density at radius 1 is 1.04 bits per heavy atom. The Balaban J connectivity index is 1.52. The van der Waals surface area contributed by atoms with Gasteiger partial charge in [-0.1, -0.05) is 16.9 Å². The number of aromatic nitrogens is 4. The molecule has 3 aromatic heterocycles. The van der Waals surface area contributed by atoms with Gasteiger partial charge in [-0.15, -0.1) is 0 Å². The fourth-order valence-electron chi connectivity index (χ4n) is 3.41. The molecule has 1 fully saturated rings. The van der Waals surface area contributed by atoms with Crippen LogP contribution in [0.15, 0.2) is 33.8 Å². The summed E-state index contributed by atoms with van der Waals surface area (Å²) in [6, 6.07) is 0. The Hall–Kier alpha value is -3.36. The van der Waals surface area contributed by atoms with Gasteiger partial charge in [0.25, 0.3) is 5.91 Å². The van der Waals surface area contributed by atoms with Gasteiger partial charge in [0.1, 0.15) is 17.3 Å². The molecule has 1 aliphatic heterocycles. The van der Waals surface area contributed by atoms with Gasteiger partial charge in [-0.25, -0.2) is 0 Å². The highest BCUT2D eigenvalue weighted by molar-refractivity contribution is 6.00. The van der Waals surface area contributed by atoms with Crippen molar-refractivity contribution in [3.63, 3.8) is 0 Å². The molecule has 0 unspecified atom stereocenters. The monoisotopic (exact) mass is 382 g/mol. The second-order valence-corrected chi connectivity index (χ2v) is 7.00. The standard InChI is InChI=1S/C19H22N6O3/c1-11-17(13(3)27-21-11)8-23-10-19(26)25(15(23)5)16-6-20-24(7-16)9-18-12(2)22-28-14(18)4/h6-7H,5,8-10H2,1-4H3. The first-order valence-electron chi connectivity index (χ1n) is 8.98. The van der Waals surface area contributed by atoms with E-state index in [4.69, 9.17) is 9.05 Å². The molecule has 0 atom stereocenters. The summed E-state index contributed by atoms with van der Waals surface area (Å²) in [7, 11) is 0. The maximum atomic E-state index is 12.7. The molecule has 0 spiro atoms.